The van der Waals surface area contributed by atoms with E-state index in [1.807, 2.05) is 0 Å². The van der Waals surface area contributed by atoms with Crippen LogP contribution in [0, 0.1) is 5.41 Å². The van der Waals surface area contributed by atoms with E-state index in [0.29, 0.717) is 12.1 Å². The van der Waals surface area contributed by atoms with E-state index in [9.17, 15) is 29.1 Å². The first-order valence-electron chi connectivity index (χ1n) is 11.9. The van der Waals surface area contributed by atoms with Gasteiger partial charge < -0.3 is 53.9 Å². The molecule has 0 saturated carbocycles. The fourth-order valence-electron chi connectivity index (χ4n) is 3.17. The van der Waals surface area contributed by atoms with E-state index < -0.39 is 60.3 Å². The minimum absolute atomic E-state index is 0.0180. The molecule has 17 heteroatoms. The highest BCUT2D eigenvalue weighted by Crippen LogP contribution is 2.01. The Kier molecular flexibility index (Phi) is 13.8. The van der Waals surface area contributed by atoms with Crippen molar-refractivity contribution in [2.24, 2.45) is 17.2 Å². The Hall–Kier alpha value is -4.25. The minimum atomic E-state index is -1.27. The third-order valence-electron chi connectivity index (χ3n) is 5.20. The van der Waals surface area contributed by atoms with Crippen LogP contribution in [0.2, 0.25) is 0 Å². The summed E-state index contributed by atoms with van der Waals surface area (Å²) in [4.78, 5) is 67.7. The summed E-state index contributed by atoms with van der Waals surface area (Å²) in [5, 5.41) is 28.5. The highest BCUT2D eigenvalue weighted by atomic mass is 16.4. The number of guanidine groups is 1. The minimum Gasteiger partial charge on any atom is -0.480 e. The Balaban J connectivity index is 2.53. The summed E-state index contributed by atoms with van der Waals surface area (Å²) >= 11 is 0. The van der Waals surface area contributed by atoms with Crippen LogP contribution in [0.3, 0.4) is 0 Å². The van der Waals surface area contributed by atoms with Crippen molar-refractivity contribution in [2.75, 3.05) is 19.6 Å². The number of carbonyl (C=O) groups excluding carboxylic acids is 4. The van der Waals surface area contributed by atoms with Gasteiger partial charge in [-0.15, -0.1) is 0 Å². The molecule has 0 fully saturated rings. The zero-order valence-electron chi connectivity index (χ0n) is 21.1. The first-order chi connectivity index (χ1) is 17.9. The summed E-state index contributed by atoms with van der Waals surface area (Å²) in [6.07, 6.45) is 3.58. The van der Waals surface area contributed by atoms with E-state index in [4.69, 9.17) is 22.6 Å². The molecule has 0 spiro atoms. The molecular weight excluding hydrogens is 502 g/mol. The van der Waals surface area contributed by atoms with Crippen molar-refractivity contribution in [3.05, 3.63) is 18.2 Å². The van der Waals surface area contributed by atoms with Crippen molar-refractivity contribution in [3.8, 4) is 0 Å². The molecular formula is C21H37N11O6. The van der Waals surface area contributed by atoms with E-state index >= 15 is 0 Å². The second kappa shape index (κ2) is 16.5. The smallest absolute Gasteiger partial charge is 0.326 e. The Labute approximate surface area is 218 Å². The van der Waals surface area contributed by atoms with Gasteiger partial charge in [0, 0.05) is 19.2 Å². The van der Waals surface area contributed by atoms with Gasteiger partial charge in [-0.3, -0.25) is 24.6 Å². The van der Waals surface area contributed by atoms with Crippen LogP contribution in [-0.2, 0) is 30.4 Å². The molecule has 14 N–H and O–H groups in total. The molecule has 4 amide bonds. The second-order valence-corrected chi connectivity index (χ2v) is 8.40. The van der Waals surface area contributed by atoms with E-state index in [-0.39, 0.29) is 38.3 Å². The molecule has 0 saturated heterocycles. The van der Waals surface area contributed by atoms with Crippen LogP contribution < -0.4 is 43.8 Å². The number of H-pyrrole nitrogens is 1. The average molecular weight is 540 g/mol. The number of imidazole rings is 1. The van der Waals surface area contributed by atoms with Gasteiger partial charge in [-0.1, -0.05) is 0 Å². The zero-order chi connectivity index (χ0) is 28.7. The SMILES string of the molecule is C[C@H](NC(=O)[C@@H](N)Cc1c[nH]cn1)C(=O)NCC(=O)N[C@@H](CCN)C(=O)N[C@@H](CCCNC(=N)N)C(=O)O. The lowest BCUT2D eigenvalue weighted by Gasteiger charge is -2.21. The third-order valence-corrected chi connectivity index (χ3v) is 5.20. The Morgan fingerprint density at radius 3 is 2.34 bits per heavy atom. The maximum Gasteiger partial charge on any atom is 0.326 e. The number of aromatic amines is 1. The summed E-state index contributed by atoms with van der Waals surface area (Å²) in [5.74, 6) is -4.25. The number of hydrogen-bond donors (Lipinski definition) is 11. The molecule has 0 bridgehead atoms. The fraction of sp³-hybridized carbons (Fsp3) is 0.571. The maximum atomic E-state index is 12.6. The van der Waals surface area contributed by atoms with Gasteiger partial charge in [0.1, 0.15) is 18.1 Å². The van der Waals surface area contributed by atoms with Crippen molar-refractivity contribution in [1.29, 1.82) is 5.41 Å². The predicted octanol–water partition coefficient (Wildman–Crippen LogP) is -4.43. The molecule has 38 heavy (non-hydrogen) atoms. The third kappa shape index (κ3) is 12.1. The van der Waals surface area contributed by atoms with E-state index in [1.54, 1.807) is 6.20 Å². The van der Waals surface area contributed by atoms with Gasteiger partial charge in [-0.25, -0.2) is 9.78 Å². The van der Waals surface area contributed by atoms with Gasteiger partial charge in [0.2, 0.25) is 23.6 Å². The van der Waals surface area contributed by atoms with Crippen LogP contribution in [0.5, 0.6) is 0 Å². The lowest BCUT2D eigenvalue weighted by molar-refractivity contribution is -0.142. The van der Waals surface area contributed by atoms with Gasteiger partial charge in [-0.05, 0) is 32.7 Å². The van der Waals surface area contributed by atoms with Gasteiger partial charge in [0.15, 0.2) is 5.96 Å². The number of carbonyl (C=O) groups is 5. The quantitative estimate of drug-likeness (QED) is 0.0509. The normalized spacial score (nSPS) is 13.8. The number of hydrogen-bond acceptors (Lipinski definition) is 9. The summed E-state index contributed by atoms with van der Waals surface area (Å²) in [5.41, 5.74) is 17.1. The molecule has 0 unspecified atom stereocenters. The van der Waals surface area contributed by atoms with Crippen LogP contribution in [0.4, 0.5) is 0 Å². The first kappa shape index (κ1) is 31.8. The van der Waals surface area contributed by atoms with Crippen molar-refractivity contribution >= 4 is 35.6 Å². The Bertz CT molecular complexity index is 955. The van der Waals surface area contributed by atoms with E-state index in [2.05, 4.69) is 36.6 Å². The largest absolute Gasteiger partial charge is 0.480 e. The lowest BCUT2D eigenvalue weighted by atomic mass is 10.1. The van der Waals surface area contributed by atoms with Crippen LogP contribution >= 0.6 is 0 Å². The summed E-state index contributed by atoms with van der Waals surface area (Å²) in [6, 6.07) is -4.32. The predicted molar refractivity (Wildman–Crippen MR) is 135 cm³/mol. The van der Waals surface area contributed by atoms with Crippen LogP contribution in [0.15, 0.2) is 12.5 Å². The molecule has 1 rings (SSSR count). The van der Waals surface area contributed by atoms with Gasteiger partial charge >= 0.3 is 5.97 Å². The lowest BCUT2D eigenvalue weighted by Crippen LogP contribution is -2.55. The number of nitrogens with two attached hydrogens (primary N) is 3. The van der Waals surface area contributed by atoms with Crippen molar-refractivity contribution in [2.45, 2.75) is 56.8 Å². The zero-order valence-corrected chi connectivity index (χ0v) is 21.1. The first-order valence-corrected chi connectivity index (χ1v) is 11.9. The molecule has 212 valence electrons. The van der Waals surface area contributed by atoms with Crippen molar-refractivity contribution < 1.29 is 29.1 Å². The summed E-state index contributed by atoms with van der Waals surface area (Å²) in [7, 11) is 0. The number of amides is 4. The number of aliphatic carboxylic acids is 1. The highest BCUT2D eigenvalue weighted by Gasteiger charge is 2.26. The van der Waals surface area contributed by atoms with Gasteiger partial charge in [0.25, 0.3) is 0 Å². The van der Waals surface area contributed by atoms with Crippen LogP contribution in [0.1, 0.15) is 31.9 Å². The fourth-order valence-corrected chi connectivity index (χ4v) is 3.17. The number of carboxylic acids is 1. The highest BCUT2D eigenvalue weighted by molar-refractivity contribution is 5.93. The van der Waals surface area contributed by atoms with Gasteiger partial charge in [0.05, 0.1) is 24.6 Å². The molecule has 0 aromatic carbocycles. The van der Waals surface area contributed by atoms with Crippen LogP contribution in [-0.4, -0.2) is 94.4 Å². The molecule has 1 aromatic rings. The van der Waals surface area contributed by atoms with E-state index in [0.717, 1.165) is 0 Å². The molecule has 17 nitrogen and oxygen atoms in total. The maximum absolute atomic E-state index is 12.6. The topological polar surface area (TPSA) is 296 Å². The number of nitrogens with one attached hydrogen (secondary N) is 7. The standard InChI is InChI=1S/C21H37N11O6/c1-11(30-18(35)13(23)7-12-8-26-10-29-12)17(34)28-9-16(33)31-14(4-5-22)19(36)32-15(20(37)38)3-2-6-27-21(24)25/h8,10-11,13-15H,2-7,9,22-23H2,1H3,(H,26,29)(H,28,34)(H,30,35)(H,31,33)(H,32,36)(H,37,38)(H4,24,25,27)/t11-,13-,14-,15-/m0/s1. The molecule has 4 atom stereocenters. The van der Waals surface area contributed by atoms with Gasteiger partial charge in [-0.2, -0.15) is 0 Å². The monoisotopic (exact) mass is 539 g/mol. The Morgan fingerprint density at radius 2 is 1.76 bits per heavy atom. The number of nitrogens with zero attached hydrogens (tertiary/aromatic N) is 1. The van der Waals surface area contributed by atoms with E-state index in [1.165, 1.54) is 13.3 Å². The molecule has 0 aliphatic heterocycles. The Morgan fingerprint density at radius 1 is 1.05 bits per heavy atom. The number of rotatable bonds is 17. The molecule has 1 aromatic heterocycles. The average Bonchev–Trinajstić information content (AvgIpc) is 3.36. The molecule has 0 aliphatic carbocycles. The summed E-state index contributed by atoms with van der Waals surface area (Å²) < 4.78 is 0. The molecule has 0 aliphatic rings. The molecule has 0 radical (unpaired) electrons. The number of aromatic nitrogens is 2. The van der Waals surface area contributed by atoms with Crippen LogP contribution in [0.25, 0.3) is 0 Å². The van der Waals surface area contributed by atoms with Crippen molar-refractivity contribution in [3.63, 3.8) is 0 Å². The summed E-state index contributed by atoms with van der Waals surface area (Å²) in [6.45, 7) is 1.17. The number of carboxylic acid groups (broad SMARTS) is 1. The van der Waals surface area contributed by atoms with Crippen molar-refractivity contribution in [1.82, 2.24) is 36.6 Å². The second-order valence-electron chi connectivity index (χ2n) is 8.40. The molecule has 1 heterocycles.